The topological polar surface area (TPSA) is 52.3 Å². The first kappa shape index (κ1) is 17.3. The number of aromatic nitrogens is 3. The molecule has 1 amide bonds. The van der Waals surface area contributed by atoms with Crippen LogP contribution >= 0.6 is 0 Å². The first-order valence-electron chi connectivity index (χ1n) is 9.73. The Morgan fingerprint density at radius 2 is 2.08 bits per heavy atom. The highest BCUT2D eigenvalue weighted by Gasteiger charge is 2.30. The van der Waals surface area contributed by atoms with Gasteiger partial charge in [-0.25, -0.2) is 0 Å². The molecule has 1 aliphatic carbocycles. The number of carbonyl (C=O) groups excluding carboxylic acids is 1. The fraction of sp³-hybridized carbons (Fsp3) is 0.600. The van der Waals surface area contributed by atoms with Crippen LogP contribution in [0.5, 0.6) is 0 Å². The summed E-state index contributed by atoms with van der Waals surface area (Å²) in [5.41, 5.74) is 1.81. The minimum Gasteiger partial charge on any atom is -0.379 e. The van der Waals surface area contributed by atoms with Gasteiger partial charge in [0.15, 0.2) is 0 Å². The van der Waals surface area contributed by atoms with Gasteiger partial charge in [-0.1, -0.05) is 12.8 Å². The Bertz CT molecular complexity index is 745. The number of amides is 1. The van der Waals surface area contributed by atoms with Gasteiger partial charge < -0.3 is 14.2 Å². The van der Waals surface area contributed by atoms with E-state index in [1.807, 2.05) is 51.8 Å². The largest absolute Gasteiger partial charge is 0.379 e. The molecule has 2 aromatic rings. The zero-order valence-corrected chi connectivity index (χ0v) is 15.5. The zero-order valence-electron chi connectivity index (χ0n) is 15.5. The standard InChI is InChI=1S/C20H28N4O2/c1-22-11-4-7-19(22)20(25)23-13-17-8-10-21-24(17)12-9-18(23)15-26-14-16-5-2-3-6-16/h4,7-8,10-11,16,18H,2-3,5-6,9,12-15H2,1H3/t18-/m0/s1. The van der Waals surface area contributed by atoms with Crippen molar-refractivity contribution < 1.29 is 9.53 Å². The molecule has 0 saturated heterocycles. The minimum atomic E-state index is 0.0709. The van der Waals surface area contributed by atoms with Crippen LogP contribution in [-0.2, 0) is 24.9 Å². The monoisotopic (exact) mass is 356 g/mol. The summed E-state index contributed by atoms with van der Waals surface area (Å²) in [6.45, 7) is 2.85. The second-order valence-electron chi connectivity index (χ2n) is 7.61. The number of fused-ring (bicyclic) bond motifs is 1. The van der Waals surface area contributed by atoms with Crippen LogP contribution in [0.1, 0.15) is 48.3 Å². The average molecular weight is 356 g/mol. The summed E-state index contributed by atoms with van der Waals surface area (Å²) in [5, 5.41) is 4.40. The van der Waals surface area contributed by atoms with E-state index in [9.17, 15) is 4.79 Å². The molecule has 2 aliphatic rings. The van der Waals surface area contributed by atoms with Crippen LogP contribution in [0, 0.1) is 5.92 Å². The lowest BCUT2D eigenvalue weighted by atomic mass is 10.1. The van der Waals surface area contributed by atoms with Crippen LogP contribution in [0.4, 0.5) is 0 Å². The molecule has 0 aromatic carbocycles. The van der Waals surface area contributed by atoms with Crippen molar-refractivity contribution >= 4 is 5.91 Å². The molecule has 0 spiro atoms. The maximum Gasteiger partial charge on any atom is 0.271 e. The third kappa shape index (κ3) is 3.56. The third-order valence-corrected chi connectivity index (χ3v) is 5.81. The molecule has 4 rings (SSSR count). The molecular formula is C20H28N4O2. The van der Waals surface area contributed by atoms with E-state index in [2.05, 4.69) is 5.10 Å². The number of nitrogens with zero attached hydrogens (tertiary/aromatic N) is 4. The van der Waals surface area contributed by atoms with Crippen molar-refractivity contribution in [3.05, 3.63) is 42.0 Å². The van der Waals surface area contributed by atoms with Crippen molar-refractivity contribution in [1.82, 2.24) is 19.2 Å². The molecule has 1 fully saturated rings. The second kappa shape index (κ2) is 7.66. The van der Waals surface area contributed by atoms with E-state index in [-0.39, 0.29) is 11.9 Å². The van der Waals surface area contributed by atoms with Gasteiger partial charge in [-0.15, -0.1) is 0 Å². The smallest absolute Gasteiger partial charge is 0.271 e. The summed E-state index contributed by atoms with van der Waals surface area (Å²) < 4.78 is 9.99. The Kier molecular flexibility index (Phi) is 5.11. The molecule has 26 heavy (non-hydrogen) atoms. The van der Waals surface area contributed by atoms with Gasteiger partial charge in [-0.3, -0.25) is 9.48 Å². The van der Waals surface area contributed by atoms with E-state index in [1.54, 1.807) is 0 Å². The van der Waals surface area contributed by atoms with Crippen LogP contribution in [0.25, 0.3) is 0 Å². The number of carbonyl (C=O) groups is 1. The number of rotatable bonds is 5. The number of ether oxygens (including phenoxy) is 1. The SMILES string of the molecule is Cn1cccc1C(=O)N1Cc2ccnn2CC[C@H]1COCC1CCCC1. The number of aryl methyl sites for hydroxylation is 2. The normalized spacial score (nSPS) is 21.0. The van der Waals surface area contributed by atoms with Gasteiger partial charge in [0, 0.05) is 32.6 Å². The fourth-order valence-electron chi connectivity index (χ4n) is 4.22. The Labute approximate surface area is 154 Å². The molecule has 1 atom stereocenters. The van der Waals surface area contributed by atoms with Gasteiger partial charge in [0.1, 0.15) is 5.69 Å². The van der Waals surface area contributed by atoms with Gasteiger partial charge in [0.05, 0.1) is 24.9 Å². The predicted octanol–water partition coefficient (Wildman–Crippen LogP) is 2.84. The van der Waals surface area contributed by atoms with E-state index in [4.69, 9.17) is 4.74 Å². The fourth-order valence-corrected chi connectivity index (χ4v) is 4.22. The maximum absolute atomic E-state index is 13.2. The second-order valence-corrected chi connectivity index (χ2v) is 7.61. The molecule has 2 aromatic heterocycles. The van der Waals surface area contributed by atoms with E-state index < -0.39 is 0 Å². The molecule has 6 heteroatoms. The van der Waals surface area contributed by atoms with Crippen molar-refractivity contribution in [2.24, 2.45) is 13.0 Å². The first-order chi connectivity index (χ1) is 12.7. The van der Waals surface area contributed by atoms with E-state index in [0.29, 0.717) is 19.1 Å². The highest BCUT2D eigenvalue weighted by Crippen LogP contribution is 2.25. The highest BCUT2D eigenvalue weighted by atomic mass is 16.5. The number of hydrogen-bond acceptors (Lipinski definition) is 3. The third-order valence-electron chi connectivity index (χ3n) is 5.81. The van der Waals surface area contributed by atoms with Gasteiger partial charge in [-0.2, -0.15) is 5.10 Å². The number of hydrogen-bond donors (Lipinski definition) is 0. The summed E-state index contributed by atoms with van der Waals surface area (Å²) >= 11 is 0. The summed E-state index contributed by atoms with van der Waals surface area (Å²) in [5.74, 6) is 0.773. The van der Waals surface area contributed by atoms with Crippen molar-refractivity contribution in [3.8, 4) is 0 Å². The van der Waals surface area contributed by atoms with Crippen LogP contribution in [-0.4, -0.2) is 44.4 Å². The molecule has 6 nitrogen and oxygen atoms in total. The molecule has 0 N–H and O–H groups in total. The van der Waals surface area contributed by atoms with Crippen LogP contribution in [0.2, 0.25) is 0 Å². The van der Waals surface area contributed by atoms with Crippen molar-refractivity contribution in [1.29, 1.82) is 0 Å². The lowest BCUT2D eigenvalue weighted by Gasteiger charge is -2.30. The summed E-state index contributed by atoms with van der Waals surface area (Å²) in [6, 6.07) is 5.90. The molecule has 1 aliphatic heterocycles. The van der Waals surface area contributed by atoms with Gasteiger partial charge in [-0.05, 0) is 43.4 Å². The lowest BCUT2D eigenvalue weighted by Crippen LogP contribution is -2.42. The molecular weight excluding hydrogens is 328 g/mol. The van der Waals surface area contributed by atoms with Gasteiger partial charge >= 0.3 is 0 Å². The van der Waals surface area contributed by atoms with E-state index in [0.717, 1.165) is 31.0 Å². The Balaban J connectivity index is 1.49. The Hall–Kier alpha value is -2.08. The Morgan fingerprint density at radius 3 is 2.85 bits per heavy atom. The molecule has 0 bridgehead atoms. The van der Waals surface area contributed by atoms with Gasteiger partial charge in [0.25, 0.3) is 5.91 Å². The maximum atomic E-state index is 13.2. The average Bonchev–Trinajstić information content (AvgIpc) is 3.37. The van der Waals surface area contributed by atoms with E-state index >= 15 is 0 Å². The van der Waals surface area contributed by atoms with Crippen molar-refractivity contribution in [3.63, 3.8) is 0 Å². The zero-order chi connectivity index (χ0) is 17.9. The Morgan fingerprint density at radius 1 is 1.23 bits per heavy atom. The predicted molar refractivity (Wildman–Crippen MR) is 98.7 cm³/mol. The molecule has 0 unspecified atom stereocenters. The van der Waals surface area contributed by atoms with Crippen LogP contribution in [0.15, 0.2) is 30.6 Å². The summed E-state index contributed by atoms with van der Waals surface area (Å²) in [4.78, 5) is 15.2. The lowest BCUT2D eigenvalue weighted by molar-refractivity contribution is 0.0301. The van der Waals surface area contributed by atoms with E-state index in [1.165, 1.54) is 25.7 Å². The highest BCUT2D eigenvalue weighted by molar-refractivity contribution is 5.93. The molecule has 3 heterocycles. The molecule has 0 radical (unpaired) electrons. The first-order valence-corrected chi connectivity index (χ1v) is 9.73. The summed E-state index contributed by atoms with van der Waals surface area (Å²) in [7, 11) is 1.92. The molecule has 140 valence electrons. The van der Waals surface area contributed by atoms with Crippen LogP contribution in [0.3, 0.4) is 0 Å². The molecule has 1 saturated carbocycles. The minimum absolute atomic E-state index is 0.0709. The van der Waals surface area contributed by atoms with Crippen molar-refractivity contribution in [2.45, 2.75) is 51.2 Å². The van der Waals surface area contributed by atoms with Gasteiger partial charge in [0.2, 0.25) is 0 Å². The summed E-state index contributed by atoms with van der Waals surface area (Å²) in [6.07, 6.45) is 9.83. The van der Waals surface area contributed by atoms with Crippen LogP contribution < -0.4 is 0 Å². The van der Waals surface area contributed by atoms with Crippen molar-refractivity contribution in [2.75, 3.05) is 13.2 Å². The quantitative estimate of drug-likeness (QED) is 0.828.